The quantitative estimate of drug-likeness (QED) is 0.709. The maximum Gasteiger partial charge on any atom is 0.245 e. The molecule has 1 atom stereocenters. The van der Waals surface area contributed by atoms with Crippen molar-refractivity contribution in [3.8, 4) is 0 Å². The number of amides is 1. The Kier molecular flexibility index (Phi) is 6.60. The molecular weight excluding hydrogens is 412 g/mol. The molecule has 0 spiro atoms. The van der Waals surface area contributed by atoms with Crippen molar-refractivity contribution in [3.63, 3.8) is 0 Å². The van der Waals surface area contributed by atoms with Crippen LogP contribution in [0.15, 0.2) is 35.4 Å². The molecule has 0 saturated carbocycles. The number of rotatable bonds is 5. The van der Waals surface area contributed by atoms with Gasteiger partial charge in [0.2, 0.25) is 15.9 Å². The van der Waals surface area contributed by atoms with Gasteiger partial charge in [-0.1, -0.05) is 25.5 Å². The van der Waals surface area contributed by atoms with Crippen molar-refractivity contribution in [3.05, 3.63) is 36.0 Å². The molecule has 8 heteroatoms. The Balaban J connectivity index is 1.48. The molecule has 2 saturated heterocycles. The minimum absolute atomic E-state index is 0.0534. The van der Waals surface area contributed by atoms with Crippen LogP contribution in [0.2, 0.25) is 0 Å². The molecular formula is C23H32N4O3S. The van der Waals surface area contributed by atoms with Gasteiger partial charge >= 0.3 is 0 Å². The van der Waals surface area contributed by atoms with Gasteiger partial charge in [0, 0.05) is 37.8 Å². The molecule has 0 aliphatic carbocycles. The Bertz CT molecular complexity index is 1050. The van der Waals surface area contributed by atoms with Gasteiger partial charge in [0.1, 0.15) is 4.90 Å². The van der Waals surface area contributed by atoms with E-state index < -0.39 is 10.0 Å². The highest BCUT2D eigenvalue weighted by Crippen LogP contribution is 2.26. The molecule has 7 nitrogen and oxygen atoms in total. The summed E-state index contributed by atoms with van der Waals surface area (Å²) in [6.07, 6.45) is 5.87. The van der Waals surface area contributed by atoms with E-state index in [2.05, 4.69) is 16.8 Å². The third kappa shape index (κ3) is 4.47. The molecule has 168 valence electrons. The first-order chi connectivity index (χ1) is 14.9. The highest BCUT2D eigenvalue weighted by Gasteiger charge is 2.36. The van der Waals surface area contributed by atoms with E-state index in [1.807, 2.05) is 24.0 Å². The highest BCUT2D eigenvalue weighted by molar-refractivity contribution is 7.89. The molecule has 1 amide bonds. The largest absolute Gasteiger partial charge is 0.339 e. The molecule has 0 N–H and O–H groups in total. The van der Waals surface area contributed by atoms with Crippen molar-refractivity contribution >= 4 is 26.8 Å². The summed E-state index contributed by atoms with van der Waals surface area (Å²) in [7, 11) is -3.67. The lowest BCUT2D eigenvalue weighted by atomic mass is 10.0. The van der Waals surface area contributed by atoms with Gasteiger partial charge in [-0.2, -0.15) is 4.31 Å². The van der Waals surface area contributed by atoms with Crippen molar-refractivity contribution < 1.29 is 13.2 Å². The molecule has 3 heterocycles. The number of pyridine rings is 1. The lowest BCUT2D eigenvalue weighted by Crippen LogP contribution is -2.56. The fourth-order valence-electron chi connectivity index (χ4n) is 4.78. The number of aromatic nitrogens is 1. The number of sulfonamides is 1. The monoisotopic (exact) mass is 444 g/mol. The van der Waals surface area contributed by atoms with Crippen LogP contribution >= 0.6 is 0 Å². The predicted octanol–water partition coefficient (Wildman–Crippen LogP) is 2.64. The summed E-state index contributed by atoms with van der Waals surface area (Å²) < 4.78 is 28.2. The second-order valence-corrected chi connectivity index (χ2v) is 10.5. The molecule has 2 aromatic rings. The van der Waals surface area contributed by atoms with Gasteiger partial charge in [-0.05, 0) is 57.0 Å². The van der Waals surface area contributed by atoms with Crippen molar-refractivity contribution in [2.45, 2.75) is 50.5 Å². The van der Waals surface area contributed by atoms with E-state index in [0.717, 1.165) is 49.7 Å². The van der Waals surface area contributed by atoms with Gasteiger partial charge in [-0.25, -0.2) is 8.42 Å². The number of nitrogens with zero attached hydrogens (tertiary/aromatic N) is 4. The van der Waals surface area contributed by atoms with Crippen molar-refractivity contribution in [1.29, 1.82) is 0 Å². The SMILES string of the molecule is CCCN1CCCCC1C(=O)N1CCN(S(=O)(=O)c2cccc3cc(C)cnc23)CC1. The summed E-state index contributed by atoms with van der Waals surface area (Å²) in [6, 6.07) is 7.17. The van der Waals surface area contributed by atoms with Crippen LogP contribution in [0, 0.1) is 6.92 Å². The minimum Gasteiger partial charge on any atom is -0.339 e. The Morgan fingerprint density at radius 2 is 1.90 bits per heavy atom. The van der Waals surface area contributed by atoms with Crippen molar-refractivity contribution in [2.75, 3.05) is 39.3 Å². The first-order valence-electron chi connectivity index (χ1n) is 11.3. The topological polar surface area (TPSA) is 73.8 Å². The molecule has 0 radical (unpaired) electrons. The highest BCUT2D eigenvalue weighted by atomic mass is 32.2. The number of benzene rings is 1. The van der Waals surface area contributed by atoms with E-state index >= 15 is 0 Å². The zero-order chi connectivity index (χ0) is 22.0. The van der Waals surface area contributed by atoms with Crippen LogP contribution < -0.4 is 0 Å². The van der Waals surface area contributed by atoms with Crippen LogP contribution in [0.5, 0.6) is 0 Å². The van der Waals surface area contributed by atoms with E-state index in [9.17, 15) is 13.2 Å². The Hall–Kier alpha value is -2.03. The first-order valence-corrected chi connectivity index (χ1v) is 12.7. The zero-order valence-corrected chi connectivity index (χ0v) is 19.3. The molecule has 2 fully saturated rings. The normalized spacial score (nSPS) is 21.5. The van der Waals surface area contributed by atoms with Crippen LogP contribution in [0.25, 0.3) is 10.9 Å². The van der Waals surface area contributed by atoms with Gasteiger partial charge in [-0.15, -0.1) is 0 Å². The fourth-order valence-corrected chi connectivity index (χ4v) is 6.36. The summed E-state index contributed by atoms with van der Waals surface area (Å²) >= 11 is 0. The van der Waals surface area contributed by atoms with Crippen molar-refractivity contribution in [1.82, 2.24) is 19.1 Å². The van der Waals surface area contributed by atoms with Crippen LogP contribution in [0.4, 0.5) is 0 Å². The number of carbonyl (C=O) groups is 1. The number of para-hydroxylation sites is 1. The third-order valence-electron chi connectivity index (χ3n) is 6.39. The van der Waals surface area contributed by atoms with Crippen molar-refractivity contribution in [2.24, 2.45) is 0 Å². The average molecular weight is 445 g/mol. The summed E-state index contributed by atoms with van der Waals surface area (Å²) in [5.41, 5.74) is 1.50. The number of hydrogen-bond donors (Lipinski definition) is 0. The maximum atomic E-state index is 13.4. The van der Waals surface area contributed by atoms with Crippen LogP contribution in [0.1, 0.15) is 38.2 Å². The number of hydrogen-bond acceptors (Lipinski definition) is 5. The van der Waals surface area contributed by atoms with E-state index in [1.54, 1.807) is 18.3 Å². The van der Waals surface area contributed by atoms with E-state index in [0.29, 0.717) is 31.7 Å². The smallest absolute Gasteiger partial charge is 0.245 e. The van der Waals surface area contributed by atoms with Gasteiger partial charge in [0.15, 0.2) is 0 Å². The molecule has 1 aromatic carbocycles. The summed E-state index contributed by atoms with van der Waals surface area (Å²) in [4.78, 5) is 22.0. The fraction of sp³-hybridized carbons (Fsp3) is 0.565. The number of piperidine rings is 1. The number of fused-ring (bicyclic) bond motifs is 1. The maximum absolute atomic E-state index is 13.4. The van der Waals surface area contributed by atoms with Gasteiger partial charge in [0.25, 0.3) is 0 Å². The second kappa shape index (κ2) is 9.22. The van der Waals surface area contributed by atoms with E-state index in [-0.39, 0.29) is 16.8 Å². The van der Waals surface area contributed by atoms with Crippen LogP contribution in [0.3, 0.4) is 0 Å². The number of aryl methyl sites for hydroxylation is 1. The second-order valence-electron chi connectivity index (χ2n) is 8.62. The van der Waals surface area contributed by atoms with E-state index in [1.165, 1.54) is 4.31 Å². The summed E-state index contributed by atoms with van der Waals surface area (Å²) in [5, 5.41) is 0.822. The molecule has 4 rings (SSSR count). The zero-order valence-electron chi connectivity index (χ0n) is 18.5. The van der Waals surface area contributed by atoms with Gasteiger partial charge in [-0.3, -0.25) is 14.7 Å². The van der Waals surface area contributed by atoms with Gasteiger partial charge < -0.3 is 4.90 Å². The van der Waals surface area contributed by atoms with E-state index in [4.69, 9.17) is 0 Å². The number of likely N-dealkylation sites (tertiary alicyclic amines) is 1. The Morgan fingerprint density at radius 3 is 2.65 bits per heavy atom. The summed E-state index contributed by atoms with van der Waals surface area (Å²) in [6.45, 7) is 7.51. The van der Waals surface area contributed by atoms with Crippen LogP contribution in [-0.4, -0.2) is 78.7 Å². The molecule has 1 unspecified atom stereocenters. The molecule has 31 heavy (non-hydrogen) atoms. The summed E-state index contributed by atoms with van der Waals surface area (Å²) in [5.74, 6) is 0.160. The molecule has 0 bridgehead atoms. The average Bonchev–Trinajstić information content (AvgIpc) is 2.78. The Labute approximate surface area is 185 Å². The van der Waals surface area contributed by atoms with Crippen LogP contribution in [-0.2, 0) is 14.8 Å². The minimum atomic E-state index is -3.67. The number of piperazine rings is 1. The molecule has 2 aliphatic heterocycles. The lowest BCUT2D eigenvalue weighted by Gasteiger charge is -2.40. The number of carbonyl (C=O) groups excluding carboxylic acids is 1. The predicted molar refractivity (Wildman–Crippen MR) is 121 cm³/mol. The lowest BCUT2D eigenvalue weighted by molar-refractivity contribution is -0.139. The third-order valence-corrected chi connectivity index (χ3v) is 8.32. The standard InChI is InChI=1S/C23H32N4O3S/c1-3-10-25-11-5-4-8-20(25)23(28)26-12-14-27(15-13-26)31(29,30)21-9-6-7-19-16-18(2)17-24-22(19)21/h6-7,9,16-17,20H,3-5,8,10-15H2,1-2H3. The van der Waals surface area contributed by atoms with Gasteiger partial charge in [0.05, 0.1) is 11.6 Å². The molecule has 2 aliphatic rings. The Morgan fingerprint density at radius 1 is 1.13 bits per heavy atom. The molecule has 1 aromatic heterocycles. The first kappa shape index (κ1) is 22.2.